The van der Waals surface area contributed by atoms with E-state index in [4.69, 9.17) is 0 Å². The predicted octanol–water partition coefficient (Wildman–Crippen LogP) is 5.89. The molecular formula is C18H32N2. The van der Waals surface area contributed by atoms with Crippen LogP contribution >= 0.6 is 0 Å². The van der Waals surface area contributed by atoms with E-state index in [0.717, 1.165) is 0 Å². The van der Waals surface area contributed by atoms with Crippen LogP contribution in [0.15, 0.2) is 18.6 Å². The van der Waals surface area contributed by atoms with Gasteiger partial charge in [0.15, 0.2) is 0 Å². The zero-order valence-corrected chi connectivity index (χ0v) is 13.5. The molecule has 0 aliphatic carbocycles. The minimum absolute atomic E-state index is 0.650. The molecule has 2 nitrogen and oxygen atoms in total. The van der Waals surface area contributed by atoms with Crippen molar-refractivity contribution < 1.29 is 0 Å². The van der Waals surface area contributed by atoms with Crippen molar-refractivity contribution in [1.29, 1.82) is 0 Å². The summed E-state index contributed by atoms with van der Waals surface area (Å²) in [4.78, 5) is 8.53. The molecule has 0 N–H and O–H groups in total. The predicted molar refractivity (Wildman–Crippen MR) is 86.9 cm³/mol. The normalized spacial score (nSPS) is 12.5. The molecule has 2 heteroatoms. The van der Waals surface area contributed by atoms with Crippen molar-refractivity contribution in [3.63, 3.8) is 0 Å². The van der Waals surface area contributed by atoms with Crippen LogP contribution in [0, 0.1) is 0 Å². The number of nitrogens with zero attached hydrogens (tertiary/aromatic N) is 2. The Morgan fingerprint density at radius 2 is 1.45 bits per heavy atom. The third-order valence-electron chi connectivity index (χ3n) is 4.09. The number of rotatable bonds is 12. The molecular weight excluding hydrogens is 244 g/mol. The Hall–Kier alpha value is -0.920. The lowest BCUT2D eigenvalue weighted by atomic mass is 9.91. The smallest absolute Gasteiger partial charge is 0.115 e. The van der Waals surface area contributed by atoms with E-state index in [9.17, 15) is 0 Å². The van der Waals surface area contributed by atoms with Gasteiger partial charge in [-0.2, -0.15) is 0 Å². The summed E-state index contributed by atoms with van der Waals surface area (Å²) in [6, 6.07) is 2.11. The molecule has 0 spiro atoms. The number of hydrogen-bond acceptors (Lipinski definition) is 2. The molecule has 1 heterocycles. The van der Waals surface area contributed by atoms with Crippen LogP contribution in [-0.4, -0.2) is 9.97 Å². The molecule has 1 aromatic heterocycles. The lowest BCUT2D eigenvalue weighted by Crippen LogP contribution is -2.02. The van der Waals surface area contributed by atoms with Gasteiger partial charge in [-0.1, -0.05) is 71.6 Å². The Morgan fingerprint density at radius 3 is 2.00 bits per heavy atom. The fourth-order valence-electron chi connectivity index (χ4n) is 2.79. The third kappa shape index (κ3) is 7.62. The van der Waals surface area contributed by atoms with Gasteiger partial charge in [-0.05, 0) is 18.9 Å². The molecule has 1 rings (SSSR count). The van der Waals surface area contributed by atoms with E-state index >= 15 is 0 Å². The van der Waals surface area contributed by atoms with Crippen molar-refractivity contribution in [2.24, 2.45) is 0 Å². The van der Waals surface area contributed by atoms with E-state index in [2.05, 4.69) is 29.9 Å². The Bertz CT molecular complexity index is 310. The monoisotopic (exact) mass is 276 g/mol. The molecule has 1 unspecified atom stereocenters. The topological polar surface area (TPSA) is 25.8 Å². The highest BCUT2D eigenvalue weighted by molar-refractivity contribution is 5.05. The quantitative estimate of drug-likeness (QED) is 0.445. The molecule has 0 saturated carbocycles. The maximum atomic E-state index is 4.48. The van der Waals surface area contributed by atoms with E-state index in [1.165, 1.54) is 76.3 Å². The summed E-state index contributed by atoms with van der Waals surface area (Å²) in [5, 5.41) is 0. The first-order chi connectivity index (χ1) is 9.88. The second kappa shape index (κ2) is 11.9. The molecule has 0 amide bonds. The van der Waals surface area contributed by atoms with Gasteiger partial charge in [-0.3, -0.25) is 0 Å². The summed E-state index contributed by atoms with van der Waals surface area (Å²) in [5.74, 6) is 0.650. The Balaban J connectivity index is 2.35. The van der Waals surface area contributed by atoms with Crippen LogP contribution in [0.5, 0.6) is 0 Å². The first-order valence-corrected chi connectivity index (χ1v) is 8.64. The van der Waals surface area contributed by atoms with Crippen molar-refractivity contribution in [2.75, 3.05) is 0 Å². The maximum absolute atomic E-state index is 4.48. The van der Waals surface area contributed by atoms with Gasteiger partial charge in [-0.15, -0.1) is 0 Å². The van der Waals surface area contributed by atoms with Gasteiger partial charge in [0.1, 0.15) is 6.33 Å². The Labute approximate surface area is 125 Å². The molecule has 114 valence electrons. The first-order valence-electron chi connectivity index (χ1n) is 8.64. The number of unbranched alkanes of at least 4 members (excludes halogenated alkanes) is 7. The van der Waals surface area contributed by atoms with Crippen molar-refractivity contribution in [3.05, 3.63) is 24.3 Å². The maximum Gasteiger partial charge on any atom is 0.115 e. The molecule has 20 heavy (non-hydrogen) atoms. The first kappa shape index (κ1) is 17.1. The second-order valence-electron chi connectivity index (χ2n) is 5.88. The van der Waals surface area contributed by atoms with E-state index in [-0.39, 0.29) is 0 Å². The van der Waals surface area contributed by atoms with Gasteiger partial charge in [0.05, 0.1) is 0 Å². The Morgan fingerprint density at radius 1 is 0.850 bits per heavy atom. The molecule has 1 atom stereocenters. The Kier molecular flexibility index (Phi) is 10.2. The summed E-state index contributed by atoms with van der Waals surface area (Å²) < 4.78 is 0. The minimum Gasteiger partial charge on any atom is -0.245 e. The van der Waals surface area contributed by atoms with Crippen molar-refractivity contribution >= 4 is 0 Å². The highest BCUT2D eigenvalue weighted by atomic mass is 14.8. The zero-order chi connectivity index (χ0) is 14.5. The van der Waals surface area contributed by atoms with Gasteiger partial charge in [0.25, 0.3) is 0 Å². The van der Waals surface area contributed by atoms with E-state index in [0.29, 0.717) is 5.92 Å². The summed E-state index contributed by atoms with van der Waals surface area (Å²) in [5.41, 5.74) is 1.26. The standard InChI is InChI=1S/C18H32N2/c1-3-5-7-9-11-13-17(12-10-8-6-4-2)18-14-15-19-16-20-18/h14-17H,3-13H2,1-2H3. The lowest BCUT2D eigenvalue weighted by molar-refractivity contribution is 0.485. The molecule has 0 aliphatic rings. The number of aromatic nitrogens is 2. The fraction of sp³-hybridized carbons (Fsp3) is 0.778. The average Bonchev–Trinajstić information content (AvgIpc) is 2.50. The van der Waals surface area contributed by atoms with E-state index < -0.39 is 0 Å². The molecule has 0 radical (unpaired) electrons. The van der Waals surface area contributed by atoms with Crippen molar-refractivity contribution in [1.82, 2.24) is 9.97 Å². The zero-order valence-electron chi connectivity index (χ0n) is 13.5. The van der Waals surface area contributed by atoms with Crippen LogP contribution in [0.3, 0.4) is 0 Å². The molecule has 0 bridgehead atoms. The SMILES string of the molecule is CCCCCCCC(CCCCCC)c1ccncn1. The van der Waals surface area contributed by atoms with E-state index in [1.807, 2.05) is 6.20 Å². The van der Waals surface area contributed by atoms with E-state index in [1.54, 1.807) is 6.33 Å². The molecule has 0 aliphatic heterocycles. The van der Waals surface area contributed by atoms with Gasteiger partial charge in [0.2, 0.25) is 0 Å². The summed E-state index contributed by atoms with van der Waals surface area (Å²) in [7, 11) is 0. The highest BCUT2D eigenvalue weighted by Crippen LogP contribution is 2.26. The minimum atomic E-state index is 0.650. The van der Waals surface area contributed by atoms with Gasteiger partial charge < -0.3 is 0 Å². The summed E-state index contributed by atoms with van der Waals surface area (Å²) in [6.07, 6.45) is 18.4. The van der Waals surface area contributed by atoms with Crippen LogP contribution in [0.2, 0.25) is 0 Å². The van der Waals surface area contributed by atoms with Crippen LogP contribution in [0.1, 0.15) is 96.1 Å². The highest BCUT2D eigenvalue weighted by Gasteiger charge is 2.12. The second-order valence-corrected chi connectivity index (χ2v) is 5.88. The lowest BCUT2D eigenvalue weighted by Gasteiger charge is -2.16. The summed E-state index contributed by atoms with van der Waals surface area (Å²) in [6.45, 7) is 4.55. The largest absolute Gasteiger partial charge is 0.245 e. The number of hydrogen-bond donors (Lipinski definition) is 0. The van der Waals surface area contributed by atoms with Gasteiger partial charge in [0, 0.05) is 17.8 Å². The van der Waals surface area contributed by atoms with Crippen LogP contribution < -0.4 is 0 Å². The van der Waals surface area contributed by atoms with Crippen molar-refractivity contribution in [2.45, 2.75) is 90.4 Å². The molecule has 1 aromatic rings. The fourth-order valence-corrected chi connectivity index (χ4v) is 2.79. The summed E-state index contributed by atoms with van der Waals surface area (Å²) >= 11 is 0. The third-order valence-corrected chi connectivity index (χ3v) is 4.09. The molecule has 0 fully saturated rings. The van der Waals surface area contributed by atoms with Crippen LogP contribution in [0.4, 0.5) is 0 Å². The van der Waals surface area contributed by atoms with Crippen LogP contribution in [0.25, 0.3) is 0 Å². The molecule has 0 saturated heterocycles. The van der Waals surface area contributed by atoms with Gasteiger partial charge in [-0.25, -0.2) is 9.97 Å². The van der Waals surface area contributed by atoms with Crippen molar-refractivity contribution in [3.8, 4) is 0 Å². The average molecular weight is 276 g/mol. The van der Waals surface area contributed by atoms with Gasteiger partial charge >= 0.3 is 0 Å². The van der Waals surface area contributed by atoms with Crippen LogP contribution in [-0.2, 0) is 0 Å². The molecule has 0 aromatic carbocycles.